The van der Waals surface area contributed by atoms with Gasteiger partial charge in [-0.25, -0.2) is 4.79 Å². The normalized spacial score (nSPS) is 20.2. The molecule has 5 unspecified atom stereocenters. The van der Waals surface area contributed by atoms with Crippen molar-refractivity contribution in [2.24, 2.45) is 0 Å². The number of Topliss-reactive ketones (excluding diaryl/α,β-unsaturated/α-hetero) is 1. The van der Waals surface area contributed by atoms with Crippen LogP contribution in [0.15, 0.2) is 115 Å². The van der Waals surface area contributed by atoms with E-state index < -0.39 is 166 Å². The Morgan fingerprint density at radius 3 is 1.70 bits per heavy atom. The number of aliphatic carboxylic acids is 1. The molecule has 24 nitrogen and oxygen atoms in total. The number of rotatable bonds is 9. The average Bonchev–Trinajstić information content (AvgIpc) is 1.63. The zero-order chi connectivity index (χ0) is 65.8. The quantitative estimate of drug-likeness (QED) is 0.0486. The summed E-state index contributed by atoms with van der Waals surface area (Å²) in [7, 11) is 1.16. The first-order chi connectivity index (χ1) is 43.0. The number of aromatic hydroxyl groups is 5. The van der Waals surface area contributed by atoms with Crippen molar-refractivity contribution >= 4 is 128 Å². The maximum absolute atomic E-state index is 15.8. The van der Waals surface area contributed by atoms with Gasteiger partial charge in [-0.3, -0.25) is 38.4 Å². The number of carboxylic acid groups (broad SMARTS) is 1. The van der Waals surface area contributed by atoms with Crippen LogP contribution in [0.4, 0.5) is 5.69 Å². The van der Waals surface area contributed by atoms with Crippen LogP contribution in [0, 0.1) is 0 Å². The Kier molecular flexibility index (Phi) is 18.0. The van der Waals surface area contributed by atoms with Gasteiger partial charge in [0.1, 0.15) is 41.7 Å². The molecule has 30 heteroatoms. The number of ether oxygens (including phenoxy) is 1. The van der Waals surface area contributed by atoms with E-state index in [9.17, 15) is 59.7 Å². The molecule has 13 N–H and O–H groups in total. The Hall–Kier alpha value is -9.53. The minimum absolute atomic E-state index is 0.000399. The van der Waals surface area contributed by atoms with Crippen LogP contribution in [-0.4, -0.2) is 113 Å². The molecule has 5 heterocycles. The number of carbonyl (C=O) groups excluding carboxylic acids is 8. The highest BCUT2D eigenvalue weighted by atomic mass is 35.5. The zero-order valence-corrected chi connectivity index (χ0v) is 50.8. The van der Waals surface area contributed by atoms with Crippen molar-refractivity contribution in [3.8, 4) is 51.4 Å². The molecule has 7 aromatic carbocycles. The van der Waals surface area contributed by atoms with Gasteiger partial charge in [0.05, 0.1) is 30.1 Å². The first-order valence-electron chi connectivity index (χ1n) is 26.7. The number of fused-ring (bicyclic) bond motifs is 15. The van der Waals surface area contributed by atoms with Crippen molar-refractivity contribution < 1.29 is 83.6 Å². The van der Waals surface area contributed by atoms with Gasteiger partial charge >= 0.3 is 5.97 Å². The largest absolute Gasteiger partial charge is 0.508 e. The van der Waals surface area contributed by atoms with E-state index in [-0.39, 0.29) is 62.6 Å². The molecule has 0 aliphatic carbocycles. The van der Waals surface area contributed by atoms with E-state index >= 15 is 19.2 Å². The first kappa shape index (κ1) is 64.5. The Balaban J connectivity index is 1.16. The summed E-state index contributed by atoms with van der Waals surface area (Å²) in [5.41, 5.74) is -4.29. The lowest BCUT2D eigenvalue weighted by Crippen LogP contribution is -2.55. The second kappa shape index (κ2) is 25.4. The van der Waals surface area contributed by atoms with E-state index in [4.69, 9.17) is 74.3 Å². The maximum atomic E-state index is 15.8. The molecule has 0 saturated carbocycles. The molecule has 7 atom stereocenters. The van der Waals surface area contributed by atoms with Crippen molar-refractivity contribution in [2.45, 2.75) is 54.7 Å². The second-order valence-corrected chi connectivity index (χ2v) is 23.6. The van der Waals surface area contributed by atoms with Crippen LogP contribution < -0.4 is 36.6 Å². The van der Waals surface area contributed by atoms with Crippen LogP contribution in [0.2, 0.25) is 30.1 Å². The van der Waals surface area contributed by atoms with Gasteiger partial charge in [0.2, 0.25) is 35.3 Å². The minimum atomic E-state index is -2.75. The molecular formula is C61H45Cl6N7O17. The molecule has 7 amide bonds. The number of benzene rings is 7. The lowest BCUT2D eigenvalue weighted by molar-refractivity contribution is -0.145. The number of carbonyl (C=O) groups is 9. The molecule has 468 valence electrons. The van der Waals surface area contributed by atoms with Crippen LogP contribution in [0.1, 0.15) is 74.3 Å². The maximum Gasteiger partial charge on any atom is 0.330 e. The number of nitrogens with zero attached hydrogens (tertiary/aromatic N) is 1. The number of aliphatic hydroxyl groups is 1. The smallest absolute Gasteiger partial charge is 0.330 e. The third-order valence-electron chi connectivity index (χ3n) is 15.3. The number of phenols is 5. The summed E-state index contributed by atoms with van der Waals surface area (Å²) in [6.07, 6.45) is -1.47. The van der Waals surface area contributed by atoms with E-state index in [1.54, 1.807) is 0 Å². The molecule has 9 bridgehead atoms. The number of likely N-dealkylation sites (N-methyl/N-ethyl adjacent to an activating group) is 1. The highest BCUT2D eigenvalue weighted by Crippen LogP contribution is 2.47. The fraction of sp³-hybridized carbons (Fsp3) is 0.164. The summed E-state index contributed by atoms with van der Waals surface area (Å²) in [5.74, 6) is -15.3. The highest BCUT2D eigenvalue weighted by molar-refractivity contribution is 6.45. The van der Waals surface area contributed by atoms with Crippen molar-refractivity contribution in [1.82, 2.24) is 31.5 Å². The van der Waals surface area contributed by atoms with Crippen LogP contribution in [0.25, 0.3) is 11.1 Å². The Bertz CT molecular complexity index is 4200. The van der Waals surface area contributed by atoms with Crippen molar-refractivity contribution in [1.29, 1.82) is 0 Å². The molecule has 5 aliphatic heterocycles. The fourth-order valence-electron chi connectivity index (χ4n) is 10.5. The van der Waals surface area contributed by atoms with Crippen molar-refractivity contribution in [3.05, 3.63) is 184 Å². The van der Waals surface area contributed by atoms with E-state index in [2.05, 4.69) is 31.9 Å². The second-order valence-electron chi connectivity index (χ2n) is 21.1. The summed E-state index contributed by atoms with van der Waals surface area (Å²) < 4.78 is 6.32. The number of phenolic OH excluding ortho intramolecular Hbond substituents is 5. The number of ketones is 1. The molecule has 91 heavy (non-hydrogen) atoms. The SMILES string of the molecule is CN1C(=O)C(c2cc(Cl)c(O)c(Cl)c2)NC(=O)[C@@H]2NC(=O)C(c3cc(Cl)c(O)c(Cl)c3)NC(=O)[C@H](NC(=O)C(=O)c3cc(Cl)c(O)c(Cl)c3)CC3(O)C(=O)Nc4cc(ccc43)-c3cc2cc(c3O)Oc2ccc(cc2)CC1C(=O)NC(C(=O)O)c1ccc(O)cc1. The van der Waals surface area contributed by atoms with Gasteiger partial charge < -0.3 is 77.3 Å². The number of carboxylic acids is 1. The molecule has 7 aromatic rings. The van der Waals surface area contributed by atoms with Gasteiger partial charge in [-0.05, 0) is 112 Å². The highest BCUT2D eigenvalue weighted by Gasteiger charge is 2.49. The van der Waals surface area contributed by atoms with E-state index in [1.165, 1.54) is 72.8 Å². The number of hydrogen-bond donors (Lipinski definition) is 13. The molecule has 0 aromatic heterocycles. The lowest BCUT2D eigenvalue weighted by Gasteiger charge is -2.33. The number of amides is 7. The number of nitrogens with one attached hydrogen (secondary N) is 6. The van der Waals surface area contributed by atoms with E-state index in [1.807, 2.05) is 0 Å². The van der Waals surface area contributed by atoms with Gasteiger partial charge in [-0.2, -0.15) is 0 Å². The third kappa shape index (κ3) is 12.8. The fourth-order valence-corrected chi connectivity index (χ4v) is 12.0. The Labute approximate surface area is 543 Å². The molecule has 12 rings (SSSR count). The van der Waals surface area contributed by atoms with Gasteiger partial charge in [0.15, 0.2) is 40.4 Å². The number of halogens is 6. The van der Waals surface area contributed by atoms with Crippen molar-refractivity contribution in [3.63, 3.8) is 0 Å². The molecule has 0 fully saturated rings. The van der Waals surface area contributed by atoms with Gasteiger partial charge in [-0.1, -0.05) is 106 Å². The summed E-state index contributed by atoms with van der Waals surface area (Å²) in [5, 5.41) is 88.6. The standard InChI is InChI=1S/C61H45Cl6N7O17/c1-74-42(54(82)73-47(59(87)88)24-4-7-30(75)8-5-24)12-23-2-9-31(10-3-23)91-43-21-26-13-32(49(43)77)25-6-11-33-40(20-25)69-60(89)61(33,90)22-41(68-57(85)48(76)29-18-38(66)52(80)39(67)19-29)53(81)70-45(27-14-34(62)50(78)35(63)15-27)55(83)71-44(26)56(84)72-46(58(74)86)28-16-36(64)51(79)37(65)17-28/h2-11,13-21,41-42,44-47,75,77-80,90H,12,22H2,1H3,(H,68,85)(H,69,89)(H,70,81)(H,71,83)(H,72,84)(H,73,82)(H,87,88)/t41-,42?,44-,45?,46?,47?,61?/m1/s1. The van der Waals surface area contributed by atoms with E-state index in [0.29, 0.717) is 5.56 Å². The molecule has 5 aliphatic rings. The van der Waals surface area contributed by atoms with Crippen LogP contribution >= 0.6 is 69.6 Å². The van der Waals surface area contributed by atoms with Crippen molar-refractivity contribution in [2.75, 3.05) is 12.4 Å². The summed E-state index contributed by atoms with van der Waals surface area (Å²) in [6, 6.07) is 10.6. The van der Waals surface area contributed by atoms with Crippen LogP contribution in [-0.2, 0) is 50.4 Å². The molecular weight excluding hydrogens is 1320 g/mol. The monoisotopic (exact) mass is 1360 g/mol. The molecule has 0 saturated heterocycles. The van der Waals surface area contributed by atoms with Crippen LogP contribution in [0.3, 0.4) is 0 Å². The predicted octanol–water partition coefficient (Wildman–Crippen LogP) is 7.70. The Morgan fingerprint density at radius 2 is 1.14 bits per heavy atom. The van der Waals surface area contributed by atoms with Crippen LogP contribution in [0.5, 0.6) is 40.2 Å². The molecule has 0 spiro atoms. The average molecular weight is 1360 g/mol. The first-order valence-corrected chi connectivity index (χ1v) is 29.0. The third-order valence-corrected chi connectivity index (χ3v) is 17.0. The van der Waals surface area contributed by atoms with E-state index in [0.717, 1.165) is 54.4 Å². The van der Waals surface area contributed by atoms with Gasteiger partial charge in [0.25, 0.3) is 11.8 Å². The zero-order valence-electron chi connectivity index (χ0n) is 46.3. The topological polar surface area (TPSA) is 380 Å². The molecule has 0 radical (unpaired) electrons. The minimum Gasteiger partial charge on any atom is -0.508 e. The van der Waals surface area contributed by atoms with Gasteiger partial charge in [-0.15, -0.1) is 0 Å². The number of hydrogen-bond acceptors (Lipinski definition) is 16. The van der Waals surface area contributed by atoms with Gasteiger partial charge in [0, 0.05) is 42.3 Å². The summed E-state index contributed by atoms with van der Waals surface area (Å²) in [4.78, 5) is 132. The Morgan fingerprint density at radius 1 is 0.626 bits per heavy atom. The number of anilines is 1. The lowest BCUT2D eigenvalue weighted by atomic mass is 9.86. The summed E-state index contributed by atoms with van der Waals surface area (Å²) in [6.45, 7) is 0. The predicted molar refractivity (Wildman–Crippen MR) is 327 cm³/mol. The summed E-state index contributed by atoms with van der Waals surface area (Å²) >= 11 is 37.9.